The van der Waals surface area contributed by atoms with Crippen LogP contribution in [0, 0.1) is 17.7 Å². The van der Waals surface area contributed by atoms with Gasteiger partial charge in [-0.2, -0.15) is 0 Å². The molecule has 0 bridgehead atoms. The van der Waals surface area contributed by atoms with Crippen LogP contribution < -0.4 is 4.72 Å². The molecule has 114 valence electrons. The van der Waals surface area contributed by atoms with Crippen LogP contribution in [-0.2, 0) is 14.8 Å². The predicted molar refractivity (Wildman–Crippen MR) is 76.7 cm³/mol. The average molecular weight is 313 g/mol. The van der Waals surface area contributed by atoms with Gasteiger partial charge in [-0.05, 0) is 31.0 Å². The van der Waals surface area contributed by atoms with E-state index in [0.717, 1.165) is 12.5 Å². The largest absolute Gasteiger partial charge is 0.384 e. The van der Waals surface area contributed by atoms with Crippen molar-refractivity contribution in [2.75, 3.05) is 23.7 Å². The van der Waals surface area contributed by atoms with Gasteiger partial charge in [0.1, 0.15) is 12.4 Å². The number of benzene rings is 1. The molecule has 1 aliphatic rings. The summed E-state index contributed by atoms with van der Waals surface area (Å²) in [6, 6.07) is 3.86. The molecule has 5 nitrogen and oxygen atoms in total. The number of hydrogen-bond acceptors (Lipinski definition) is 4. The lowest BCUT2D eigenvalue weighted by atomic mass is 10.2. The molecule has 1 fully saturated rings. The summed E-state index contributed by atoms with van der Waals surface area (Å²) >= 11 is 0. The molecule has 1 saturated heterocycles. The molecule has 0 spiro atoms. The Morgan fingerprint density at radius 2 is 2.29 bits per heavy atom. The van der Waals surface area contributed by atoms with Gasteiger partial charge in [-0.3, -0.25) is 4.72 Å². The number of aliphatic hydroxyl groups excluding tert-OH is 1. The summed E-state index contributed by atoms with van der Waals surface area (Å²) in [5, 5.41) is 8.56. The van der Waals surface area contributed by atoms with E-state index in [1.807, 2.05) is 0 Å². The third kappa shape index (κ3) is 4.70. The lowest BCUT2D eigenvalue weighted by molar-refractivity contribution is 0.127. The monoisotopic (exact) mass is 313 g/mol. The van der Waals surface area contributed by atoms with Crippen molar-refractivity contribution >= 4 is 15.7 Å². The van der Waals surface area contributed by atoms with E-state index in [-0.39, 0.29) is 29.7 Å². The van der Waals surface area contributed by atoms with Crippen LogP contribution in [0.1, 0.15) is 18.4 Å². The van der Waals surface area contributed by atoms with Gasteiger partial charge in [-0.25, -0.2) is 12.8 Å². The van der Waals surface area contributed by atoms with E-state index in [4.69, 9.17) is 9.84 Å². The Hall–Kier alpha value is -1.62. The molecule has 0 aromatic heterocycles. The number of halogens is 1. The number of sulfonamides is 1. The van der Waals surface area contributed by atoms with Crippen LogP contribution in [0.15, 0.2) is 18.2 Å². The van der Waals surface area contributed by atoms with Crippen LogP contribution in [0.3, 0.4) is 0 Å². The van der Waals surface area contributed by atoms with E-state index in [0.29, 0.717) is 13.0 Å². The highest BCUT2D eigenvalue weighted by molar-refractivity contribution is 7.92. The Bertz CT molecular complexity index is 657. The van der Waals surface area contributed by atoms with Crippen LogP contribution in [-0.4, -0.2) is 38.6 Å². The molecule has 0 amide bonds. The molecule has 0 saturated carbocycles. The number of rotatable bonds is 4. The molecule has 2 rings (SSSR count). The summed E-state index contributed by atoms with van der Waals surface area (Å²) in [4.78, 5) is 0. The van der Waals surface area contributed by atoms with E-state index in [9.17, 15) is 12.8 Å². The molecule has 1 unspecified atom stereocenters. The summed E-state index contributed by atoms with van der Waals surface area (Å²) < 4.78 is 45.2. The van der Waals surface area contributed by atoms with Gasteiger partial charge in [0.05, 0.1) is 23.1 Å². The summed E-state index contributed by atoms with van der Waals surface area (Å²) in [5.74, 6) is 3.99. The SMILES string of the molecule is O=S(=O)(CC1CCCO1)Nc1ccc(C#CCO)c(F)c1. The second-order valence-corrected chi connectivity index (χ2v) is 6.44. The Balaban J connectivity index is 2.06. The Kier molecular flexibility index (Phi) is 5.17. The number of aliphatic hydroxyl groups is 1. The summed E-state index contributed by atoms with van der Waals surface area (Å²) in [6.07, 6.45) is 1.26. The fraction of sp³-hybridized carbons (Fsp3) is 0.429. The highest BCUT2D eigenvalue weighted by Crippen LogP contribution is 2.18. The van der Waals surface area contributed by atoms with Crippen molar-refractivity contribution in [3.8, 4) is 11.8 Å². The van der Waals surface area contributed by atoms with Crippen molar-refractivity contribution in [1.29, 1.82) is 0 Å². The van der Waals surface area contributed by atoms with Crippen LogP contribution in [0.2, 0.25) is 0 Å². The number of anilines is 1. The van der Waals surface area contributed by atoms with E-state index in [1.54, 1.807) is 0 Å². The molecule has 0 aliphatic carbocycles. The van der Waals surface area contributed by atoms with Gasteiger partial charge >= 0.3 is 0 Å². The number of ether oxygens (including phenoxy) is 1. The molecule has 7 heteroatoms. The maximum absolute atomic E-state index is 13.7. The molecule has 1 aliphatic heterocycles. The summed E-state index contributed by atoms with van der Waals surface area (Å²) in [5.41, 5.74) is 0.242. The summed E-state index contributed by atoms with van der Waals surface area (Å²) in [6.45, 7) is 0.211. The molecular formula is C14H16FNO4S. The van der Waals surface area contributed by atoms with E-state index in [2.05, 4.69) is 16.6 Å². The first kappa shape index (κ1) is 15.8. The minimum atomic E-state index is -3.58. The Morgan fingerprint density at radius 1 is 1.48 bits per heavy atom. The smallest absolute Gasteiger partial charge is 0.235 e. The van der Waals surface area contributed by atoms with Crippen molar-refractivity contribution in [1.82, 2.24) is 0 Å². The third-order valence-corrected chi connectivity index (χ3v) is 4.33. The zero-order valence-electron chi connectivity index (χ0n) is 11.3. The molecule has 2 N–H and O–H groups in total. The quantitative estimate of drug-likeness (QED) is 0.816. The lowest BCUT2D eigenvalue weighted by Gasteiger charge is -2.12. The molecule has 1 atom stereocenters. The van der Waals surface area contributed by atoms with Gasteiger partial charge in [-0.15, -0.1) is 0 Å². The lowest BCUT2D eigenvalue weighted by Crippen LogP contribution is -2.25. The van der Waals surface area contributed by atoms with Crippen molar-refractivity contribution in [3.63, 3.8) is 0 Å². The highest BCUT2D eigenvalue weighted by atomic mass is 32.2. The van der Waals surface area contributed by atoms with Crippen LogP contribution >= 0.6 is 0 Å². The van der Waals surface area contributed by atoms with Crippen molar-refractivity contribution in [2.24, 2.45) is 0 Å². The maximum Gasteiger partial charge on any atom is 0.235 e. The maximum atomic E-state index is 13.7. The standard InChI is InChI=1S/C14H16FNO4S/c15-14-9-12(6-5-11(14)3-1-7-17)16-21(18,19)10-13-4-2-8-20-13/h5-6,9,13,16-17H,2,4,7-8,10H2. The van der Waals surface area contributed by atoms with E-state index < -0.39 is 15.8 Å². The predicted octanol–water partition coefficient (Wildman–Crippen LogP) is 1.09. The van der Waals surface area contributed by atoms with E-state index >= 15 is 0 Å². The van der Waals surface area contributed by atoms with E-state index in [1.165, 1.54) is 12.1 Å². The minimum Gasteiger partial charge on any atom is -0.384 e. The fourth-order valence-electron chi connectivity index (χ4n) is 2.06. The molecule has 0 radical (unpaired) electrons. The fourth-order valence-corrected chi connectivity index (χ4v) is 3.38. The zero-order valence-corrected chi connectivity index (χ0v) is 12.1. The van der Waals surface area contributed by atoms with Gasteiger partial charge in [-0.1, -0.05) is 11.8 Å². The first-order valence-corrected chi connectivity index (χ1v) is 8.17. The van der Waals surface area contributed by atoms with Crippen LogP contribution in [0.25, 0.3) is 0 Å². The summed E-state index contributed by atoms with van der Waals surface area (Å²) in [7, 11) is -3.58. The molecule has 1 heterocycles. The molecule has 21 heavy (non-hydrogen) atoms. The molecule has 1 aromatic carbocycles. The number of nitrogens with one attached hydrogen (secondary N) is 1. The van der Waals surface area contributed by atoms with Gasteiger partial charge in [0, 0.05) is 6.61 Å². The third-order valence-electron chi connectivity index (χ3n) is 2.97. The average Bonchev–Trinajstić information content (AvgIpc) is 2.89. The second kappa shape index (κ2) is 6.89. The van der Waals surface area contributed by atoms with Gasteiger partial charge in [0.15, 0.2) is 0 Å². The van der Waals surface area contributed by atoms with Crippen molar-refractivity contribution in [2.45, 2.75) is 18.9 Å². The molecular weight excluding hydrogens is 297 g/mol. The van der Waals surface area contributed by atoms with Gasteiger partial charge in [0.2, 0.25) is 10.0 Å². The van der Waals surface area contributed by atoms with Crippen LogP contribution in [0.5, 0.6) is 0 Å². The number of hydrogen-bond donors (Lipinski definition) is 2. The minimum absolute atomic E-state index is 0.103. The van der Waals surface area contributed by atoms with Gasteiger partial charge < -0.3 is 9.84 Å². The van der Waals surface area contributed by atoms with Crippen molar-refractivity contribution in [3.05, 3.63) is 29.6 Å². The van der Waals surface area contributed by atoms with Crippen LogP contribution in [0.4, 0.5) is 10.1 Å². The second-order valence-electron chi connectivity index (χ2n) is 4.67. The Morgan fingerprint density at radius 3 is 2.90 bits per heavy atom. The first-order chi connectivity index (χ1) is 10.00. The normalized spacial score (nSPS) is 18.1. The highest BCUT2D eigenvalue weighted by Gasteiger charge is 2.23. The first-order valence-electron chi connectivity index (χ1n) is 6.51. The molecule has 1 aromatic rings. The zero-order chi connectivity index (χ0) is 15.3. The van der Waals surface area contributed by atoms with Gasteiger partial charge in [0.25, 0.3) is 0 Å². The van der Waals surface area contributed by atoms with Crippen molar-refractivity contribution < 1.29 is 22.7 Å². The topological polar surface area (TPSA) is 75.6 Å². The Labute approximate surface area is 123 Å².